The highest BCUT2D eigenvalue weighted by Gasteiger charge is 1.96. The van der Waals surface area contributed by atoms with Crippen LogP contribution >= 0.6 is 0 Å². The molecule has 80 valence electrons. The van der Waals surface area contributed by atoms with Crippen molar-refractivity contribution in [1.82, 2.24) is 0 Å². The zero-order valence-electron chi connectivity index (χ0n) is 9.01. The van der Waals surface area contributed by atoms with E-state index in [0.29, 0.717) is 11.4 Å². The van der Waals surface area contributed by atoms with Gasteiger partial charge in [0.15, 0.2) is 11.4 Å². The van der Waals surface area contributed by atoms with Gasteiger partial charge in [-0.2, -0.15) is 0 Å². The lowest BCUT2D eigenvalue weighted by Crippen LogP contribution is -1.88. The first-order valence-electron chi connectivity index (χ1n) is 5.04. The molecule has 3 nitrogen and oxygen atoms in total. The Kier molecular flexibility index (Phi) is 3.05. The highest BCUT2D eigenvalue weighted by molar-refractivity contribution is 5.64. The van der Waals surface area contributed by atoms with Gasteiger partial charge in [-0.1, -0.05) is 24.3 Å². The van der Waals surface area contributed by atoms with Crippen LogP contribution in [-0.4, -0.2) is 0 Å². The van der Waals surface area contributed by atoms with E-state index in [4.69, 9.17) is 13.1 Å². The van der Waals surface area contributed by atoms with Gasteiger partial charge in [-0.05, 0) is 24.3 Å². The number of anilines is 2. The first-order valence-corrected chi connectivity index (χ1v) is 5.04. The minimum atomic E-state index is 0.624. The average molecular weight is 219 g/mol. The van der Waals surface area contributed by atoms with E-state index >= 15 is 0 Å². The van der Waals surface area contributed by atoms with Gasteiger partial charge in [0, 0.05) is 11.4 Å². The molecule has 2 rings (SSSR count). The molecule has 1 N–H and O–H groups in total. The number of nitrogens with zero attached hydrogens (tertiary/aromatic N) is 2. The van der Waals surface area contributed by atoms with Crippen LogP contribution < -0.4 is 5.32 Å². The summed E-state index contributed by atoms with van der Waals surface area (Å²) in [6.07, 6.45) is 0. The smallest absolute Gasteiger partial charge is 0.187 e. The Labute approximate surface area is 100.0 Å². The van der Waals surface area contributed by atoms with Gasteiger partial charge in [-0.15, -0.1) is 0 Å². The Morgan fingerprint density at radius 2 is 1.00 bits per heavy atom. The highest BCUT2D eigenvalue weighted by Crippen LogP contribution is 2.22. The summed E-state index contributed by atoms with van der Waals surface area (Å²) in [4.78, 5) is 6.66. The third kappa shape index (κ3) is 2.62. The van der Waals surface area contributed by atoms with Crippen molar-refractivity contribution in [3.8, 4) is 0 Å². The molecule has 0 aliphatic carbocycles. The van der Waals surface area contributed by atoms with Crippen LogP contribution in [0.3, 0.4) is 0 Å². The molecule has 0 atom stereocenters. The second-order valence-corrected chi connectivity index (χ2v) is 3.44. The Balaban J connectivity index is 2.14. The average Bonchev–Trinajstić information content (AvgIpc) is 2.40. The van der Waals surface area contributed by atoms with Gasteiger partial charge in [-0.3, -0.25) is 0 Å². The second kappa shape index (κ2) is 4.83. The molecule has 0 aliphatic rings. The van der Waals surface area contributed by atoms with Gasteiger partial charge in [0.2, 0.25) is 0 Å². The molecule has 0 fully saturated rings. The molecule has 0 saturated heterocycles. The van der Waals surface area contributed by atoms with Crippen LogP contribution in [0.5, 0.6) is 0 Å². The van der Waals surface area contributed by atoms with E-state index in [1.165, 1.54) is 0 Å². The third-order valence-corrected chi connectivity index (χ3v) is 2.28. The van der Waals surface area contributed by atoms with Crippen molar-refractivity contribution in [2.75, 3.05) is 5.32 Å². The zero-order valence-corrected chi connectivity index (χ0v) is 9.01. The molecule has 2 aromatic rings. The topological polar surface area (TPSA) is 20.8 Å². The maximum Gasteiger partial charge on any atom is 0.187 e. The number of nitrogens with one attached hydrogen (secondary N) is 1. The van der Waals surface area contributed by atoms with Crippen molar-refractivity contribution in [1.29, 1.82) is 0 Å². The van der Waals surface area contributed by atoms with E-state index in [0.717, 1.165) is 11.4 Å². The SMILES string of the molecule is [C-]#[N+]c1ccc(Nc2ccc([N+]#[C-])cc2)cc1. The molecule has 0 aromatic heterocycles. The van der Waals surface area contributed by atoms with Gasteiger partial charge in [-0.25, -0.2) is 9.69 Å². The van der Waals surface area contributed by atoms with Crippen LogP contribution in [0.25, 0.3) is 9.69 Å². The van der Waals surface area contributed by atoms with Gasteiger partial charge in [0.1, 0.15) is 0 Å². The van der Waals surface area contributed by atoms with Crippen LogP contribution in [0, 0.1) is 13.1 Å². The van der Waals surface area contributed by atoms with Crippen molar-refractivity contribution in [3.63, 3.8) is 0 Å². The van der Waals surface area contributed by atoms with E-state index in [-0.39, 0.29) is 0 Å². The first kappa shape index (κ1) is 10.7. The largest absolute Gasteiger partial charge is 0.356 e. The standard InChI is InChI=1S/C14H9N3/c1-15-11-3-7-13(8-4-11)17-14-9-5-12(16-2)6-10-14/h3-10,17H. The van der Waals surface area contributed by atoms with Gasteiger partial charge < -0.3 is 5.32 Å². The molecule has 0 heterocycles. The molecule has 0 amide bonds. The van der Waals surface area contributed by atoms with E-state index in [9.17, 15) is 0 Å². The monoisotopic (exact) mass is 219 g/mol. The predicted octanol–water partition coefficient (Wildman–Crippen LogP) is 4.53. The lowest BCUT2D eigenvalue weighted by atomic mass is 10.2. The van der Waals surface area contributed by atoms with Crippen molar-refractivity contribution < 1.29 is 0 Å². The summed E-state index contributed by atoms with van der Waals surface area (Å²) in [7, 11) is 0. The summed E-state index contributed by atoms with van der Waals surface area (Å²) in [6, 6.07) is 14.5. The van der Waals surface area contributed by atoms with Crippen molar-refractivity contribution in [3.05, 3.63) is 71.4 Å². The number of benzene rings is 2. The van der Waals surface area contributed by atoms with Crippen LogP contribution in [0.15, 0.2) is 48.5 Å². The summed E-state index contributed by atoms with van der Waals surface area (Å²) in [6.45, 7) is 13.7. The van der Waals surface area contributed by atoms with Crippen molar-refractivity contribution in [2.45, 2.75) is 0 Å². The van der Waals surface area contributed by atoms with Crippen LogP contribution in [-0.2, 0) is 0 Å². The fourth-order valence-electron chi connectivity index (χ4n) is 1.41. The molecule has 0 bridgehead atoms. The van der Waals surface area contributed by atoms with Crippen molar-refractivity contribution in [2.24, 2.45) is 0 Å². The Hall–Kier alpha value is -2.78. The quantitative estimate of drug-likeness (QED) is 0.736. The Morgan fingerprint density at radius 1 is 0.647 bits per heavy atom. The minimum absolute atomic E-state index is 0.624. The van der Waals surface area contributed by atoms with E-state index in [1.54, 1.807) is 24.3 Å². The van der Waals surface area contributed by atoms with Gasteiger partial charge >= 0.3 is 0 Å². The molecule has 0 spiro atoms. The molecule has 17 heavy (non-hydrogen) atoms. The fourth-order valence-corrected chi connectivity index (χ4v) is 1.41. The molecular formula is C14H9N3. The van der Waals surface area contributed by atoms with E-state index in [1.807, 2.05) is 24.3 Å². The highest BCUT2D eigenvalue weighted by atomic mass is 14.9. The summed E-state index contributed by atoms with van der Waals surface area (Å²) >= 11 is 0. The Morgan fingerprint density at radius 3 is 1.29 bits per heavy atom. The number of rotatable bonds is 2. The summed E-state index contributed by atoms with van der Waals surface area (Å²) in [5.41, 5.74) is 3.10. The Bertz CT molecular complexity index is 528. The van der Waals surface area contributed by atoms with Crippen LogP contribution in [0.4, 0.5) is 22.7 Å². The third-order valence-electron chi connectivity index (χ3n) is 2.28. The fraction of sp³-hybridized carbons (Fsp3) is 0. The molecule has 3 heteroatoms. The van der Waals surface area contributed by atoms with E-state index in [2.05, 4.69) is 15.0 Å². The minimum Gasteiger partial charge on any atom is -0.356 e. The molecule has 2 aromatic carbocycles. The van der Waals surface area contributed by atoms with Gasteiger partial charge in [0.05, 0.1) is 13.1 Å². The summed E-state index contributed by atoms with van der Waals surface area (Å²) in [5.74, 6) is 0. The summed E-state index contributed by atoms with van der Waals surface area (Å²) < 4.78 is 0. The first-order chi connectivity index (χ1) is 8.31. The van der Waals surface area contributed by atoms with E-state index < -0.39 is 0 Å². The summed E-state index contributed by atoms with van der Waals surface area (Å²) in [5, 5.41) is 3.20. The molecule has 0 aliphatic heterocycles. The maximum absolute atomic E-state index is 6.86. The molecular weight excluding hydrogens is 210 g/mol. The zero-order chi connectivity index (χ0) is 12.1. The predicted molar refractivity (Wildman–Crippen MR) is 68.7 cm³/mol. The molecule has 0 unspecified atom stereocenters. The maximum atomic E-state index is 6.86. The molecule has 0 radical (unpaired) electrons. The second-order valence-electron chi connectivity index (χ2n) is 3.44. The normalized spacial score (nSPS) is 9.06. The van der Waals surface area contributed by atoms with Crippen molar-refractivity contribution >= 4 is 22.7 Å². The van der Waals surface area contributed by atoms with Crippen LogP contribution in [0.2, 0.25) is 0 Å². The van der Waals surface area contributed by atoms with Crippen LogP contribution in [0.1, 0.15) is 0 Å². The molecule has 0 saturated carbocycles. The lowest BCUT2D eigenvalue weighted by molar-refractivity contribution is 1.56. The number of hydrogen-bond donors (Lipinski definition) is 1. The lowest BCUT2D eigenvalue weighted by Gasteiger charge is -2.06. The number of hydrogen-bond acceptors (Lipinski definition) is 1. The van der Waals surface area contributed by atoms with Gasteiger partial charge in [0.25, 0.3) is 0 Å².